The second-order valence-corrected chi connectivity index (χ2v) is 6.32. The summed E-state index contributed by atoms with van der Waals surface area (Å²) in [6.07, 6.45) is 0. The third-order valence-corrected chi connectivity index (χ3v) is 3.89. The van der Waals surface area contributed by atoms with Gasteiger partial charge < -0.3 is 15.8 Å². The van der Waals surface area contributed by atoms with Gasteiger partial charge in [-0.2, -0.15) is 0 Å². The van der Waals surface area contributed by atoms with Crippen molar-refractivity contribution in [3.63, 3.8) is 0 Å². The van der Waals surface area contributed by atoms with E-state index in [-0.39, 0.29) is 17.6 Å². The number of anilines is 2. The lowest BCUT2D eigenvalue weighted by atomic mass is 10.1. The number of carbonyl (C=O) groups excluding carboxylic acids is 1. The highest BCUT2D eigenvalue weighted by Crippen LogP contribution is 2.21. The maximum atomic E-state index is 12.4. The van der Waals surface area contributed by atoms with E-state index in [1.807, 2.05) is 39.8 Å². The second-order valence-electron chi connectivity index (χ2n) is 6.32. The zero-order chi connectivity index (χ0) is 15.6. The Morgan fingerprint density at radius 2 is 2.19 bits per heavy atom. The van der Waals surface area contributed by atoms with Crippen molar-refractivity contribution >= 4 is 17.3 Å². The summed E-state index contributed by atoms with van der Waals surface area (Å²) in [4.78, 5) is 14.6. The highest BCUT2D eigenvalue weighted by molar-refractivity contribution is 5.95. The monoisotopic (exact) mass is 291 g/mol. The molecule has 5 nitrogen and oxygen atoms in total. The van der Waals surface area contributed by atoms with E-state index in [0.29, 0.717) is 12.3 Å². The van der Waals surface area contributed by atoms with Crippen molar-refractivity contribution in [1.29, 1.82) is 0 Å². The van der Waals surface area contributed by atoms with Crippen LogP contribution in [0.3, 0.4) is 0 Å². The van der Waals surface area contributed by atoms with E-state index in [2.05, 4.69) is 10.2 Å². The van der Waals surface area contributed by atoms with Crippen LogP contribution in [0.5, 0.6) is 0 Å². The van der Waals surface area contributed by atoms with Crippen molar-refractivity contribution in [2.45, 2.75) is 39.3 Å². The molecule has 1 amide bonds. The van der Waals surface area contributed by atoms with Gasteiger partial charge in [0.05, 0.1) is 18.2 Å². The SMILES string of the molecule is Cc1cc(N)ccc1NC(=O)C(C)N1CCOC(C)(C)C1. The molecule has 0 aromatic heterocycles. The highest BCUT2D eigenvalue weighted by atomic mass is 16.5. The summed E-state index contributed by atoms with van der Waals surface area (Å²) in [5.41, 5.74) is 8.01. The number of nitrogens with one attached hydrogen (secondary N) is 1. The average molecular weight is 291 g/mol. The van der Waals surface area contributed by atoms with Crippen molar-refractivity contribution < 1.29 is 9.53 Å². The number of amides is 1. The Hall–Kier alpha value is -1.59. The average Bonchev–Trinajstić information content (AvgIpc) is 2.40. The van der Waals surface area contributed by atoms with Crippen LogP contribution in [0, 0.1) is 6.92 Å². The number of hydrogen-bond donors (Lipinski definition) is 2. The Morgan fingerprint density at radius 3 is 2.81 bits per heavy atom. The van der Waals surface area contributed by atoms with Gasteiger partial charge in [-0.15, -0.1) is 0 Å². The molecule has 1 aromatic rings. The largest absolute Gasteiger partial charge is 0.399 e. The normalized spacial score (nSPS) is 20.0. The fourth-order valence-corrected chi connectivity index (χ4v) is 2.61. The molecule has 1 fully saturated rings. The maximum Gasteiger partial charge on any atom is 0.241 e. The van der Waals surface area contributed by atoms with Crippen molar-refractivity contribution in [2.24, 2.45) is 0 Å². The van der Waals surface area contributed by atoms with Crippen LogP contribution in [0.1, 0.15) is 26.3 Å². The molecule has 5 heteroatoms. The molecule has 1 saturated heterocycles. The van der Waals surface area contributed by atoms with Crippen molar-refractivity contribution in [2.75, 3.05) is 30.7 Å². The molecule has 1 unspecified atom stereocenters. The molecule has 0 spiro atoms. The van der Waals surface area contributed by atoms with E-state index in [9.17, 15) is 4.79 Å². The molecule has 1 atom stereocenters. The quantitative estimate of drug-likeness (QED) is 0.836. The molecule has 3 N–H and O–H groups in total. The lowest BCUT2D eigenvalue weighted by molar-refractivity contribution is -0.129. The predicted octanol–water partition coefficient (Wildman–Crippen LogP) is 2.02. The van der Waals surface area contributed by atoms with Gasteiger partial charge in [0, 0.05) is 24.5 Å². The number of morpholine rings is 1. The van der Waals surface area contributed by atoms with E-state index >= 15 is 0 Å². The Bertz CT molecular complexity index is 528. The first-order valence-electron chi connectivity index (χ1n) is 7.33. The van der Waals surface area contributed by atoms with Crippen LogP contribution in [0.4, 0.5) is 11.4 Å². The number of benzene rings is 1. The van der Waals surface area contributed by atoms with Gasteiger partial charge >= 0.3 is 0 Å². The molecule has 1 aliphatic rings. The van der Waals surface area contributed by atoms with Crippen LogP contribution < -0.4 is 11.1 Å². The molecule has 0 aliphatic carbocycles. The van der Waals surface area contributed by atoms with Gasteiger partial charge in [-0.1, -0.05) is 0 Å². The van der Waals surface area contributed by atoms with E-state index in [1.54, 1.807) is 6.07 Å². The van der Waals surface area contributed by atoms with E-state index in [0.717, 1.165) is 24.3 Å². The molecule has 1 aromatic carbocycles. The summed E-state index contributed by atoms with van der Waals surface area (Å²) in [6.45, 7) is 10.2. The number of carbonyl (C=O) groups is 1. The Kier molecular flexibility index (Phi) is 4.54. The van der Waals surface area contributed by atoms with Gasteiger partial charge in [-0.05, 0) is 51.5 Å². The molecule has 21 heavy (non-hydrogen) atoms. The van der Waals surface area contributed by atoms with Crippen LogP contribution in [0.15, 0.2) is 18.2 Å². The molecular weight excluding hydrogens is 266 g/mol. The summed E-state index contributed by atoms with van der Waals surface area (Å²) in [6, 6.07) is 5.31. The number of nitrogens with two attached hydrogens (primary N) is 1. The van der Waals surface area contributed by atoms with Gasteiger partial charge in [-0.25, -0.2) is 0 Å². The van der Waals surface area contributed by atoms with E-state index in [1.165, 1.54) is 0 Å². The standard InChI is InChI=1S/C16H25N3O2/c1-11-9-13(17)5-6-14(11)18-15(20)12(2)19-7-8-21-16(3,4)10-19/h5-6,9,12H,7-8,10,17H2,1-4H3,(H,18,20). The summed E-state index contributed by atoms with van der Waals surface area (Å²) < 4.78 is 5.69. The first-order valence-corrected chi connectivity index (χ1v) is 7.33. The van der Waals surface area contributed by atoms with Crippen molar-refractivity contribution in [3.05, 3.63) is 23.8 Å². The fraction of sp³-hybridized carbons (Fsp3) is 0.562. The molecule has 0 bridgehead atoms. The van der Waals surface area contributed by atoms with E-state index < -0.39 is 0 Å². The lowest BCUT2D eigenvalue weighted by Gasteiger charge is -2.40. The fourth-order valence-electron chi connectivity index (χ4n) is 2.61. The smallest absolute Gasteiger partial charge is 0.241 e. The van der Waals surface area contributed by atoms with Gasteiger partial charge in [0.25, 0.3) is 0 Å². The zero-order valence-corrected chi connectivity index (χ0v) is 13.3. The van der Waals surface area contributed by atoms with Crippen LogP contribution >= 0.6 is 0 Å². The van der Waals surface area contributed by atoms with Gasteiger partial charge in [0.1, 0.15) is 0 Å². The molecule has 116 valence electrons. The Labute approximate surface area is 126 Å². The molecule has 0 saturated carbocycles. The van der Waals surface area contributed by atoms with Crippen molar-refractivity contribution in [3.8, 4) is 0 Å². The third-order valence-electron chi connectivity index (χ3n) is 3.89. The van der Waals surface area contributed by atoms with E-state index in [4.69, 9.17) is 10.5 Å². The number of hydrogen-bond acceptors (Lipinski definition) is 4. The molecule has 1 heterocycles. The van der Waals surface area contributed by atoms with Crippen molar-refractivity contribution in [1.82, 2.24) is 4.90 Å². The first kappa shape index (κ1) is 15.8. The van der Waals surface area contributed by atoms with Crippen LogP contribution in [-0.2, 0) is 9.53 Å². The van der Waals surface area contributed by atoms with Gasteiger partial charge in [0.2, 0.25) is 5.91 Å². The molecule has 2 rings (SSSR count). The predicted molar refractivity (Wildman–Crippen MR) is 85.3 cm³/mol. The number of ether oxygens (including phenoxy) is 1. The van der Waals surface area contributed by atoms with Gasteiger partial charge in [0.15, 0.2) is 0 Å². The number of nitrogens with zero attached hydrogens (tertiary/aromatic N) is 1. The summed E-state index contributed by atoms with van der Waals surface area (Å²) in [5, 5.41) is 2.98. The van der Waals surface area contributed by atoms with Crippen LogP contribution in [0.2, 0.25) is 0 Å². The maximum absolute atomic E-state index is 12.4. The first-order chi connectivity index (χ1) is 9.78. The minimum Gasteiger partial charge on any atom is -0.399 e. The minimum atomic E-state index is -0.204. The number of aryl methyl sites for hydroxylation is 1. The third kappa shape index (κ3) is 3.95. The topological polar surface area (TPSA) is 67.6 Å². The Balaban J connectivity index is 2.02. The summed E-state index contributed by atoms with van der Waals surface area (Å²) in [5.74, 6) is 0.000529. The Morgan fingerprint density at radius 1 is 1.48 bits per heavy atom. The second kappa shape index (κ2) is 6.03. The highest BCUT2D eigenvalue weighted by Gasteiger charge is 2.32. The van der Waals surface area contributed by atoms with Crippen LogP contribution in [0.25, 0.3) is 0 Å². The lowest BCUT2D eigenvalue weighted by Crippen LogP contribution is -2.54. The summed E-state index contributed by atoms with van der Waals surface area (Å²) in [7, 11) is 0. The molecule has 1 aliphatic heterocycles. The molecular formula is C16H25N3O2. The number of rotatable bonds is 3. The molecule has 0 radical (unpaired) electrons. The number of nitrogen functional groups attached to an aromatic ring is 1. The zero-order valence-electron chi connectivity index (χ0n) is 13.3. The van der Waals surface area contributed by atoms with Crippen LogP contribution in [-0.4, -0.2) is 42.1 Å². The minimum absolute atomic E-state index is 0.000529. The summed E-state index contributed by atoms with van der Waals surface area (Å²) >= 11 is 0. The van der Waals surface area contributed by atoms with Gasteiger partial charge in [-0.3, -0.25) is 9.69 Å².